The summed E-state index contributed by atoms with van der Waals surface area (Å²) in [6.07, 6.45) is 0.709. The first-order valence-electron chi connectivity index (χ1n) is 9.07. The number of benzene rings is 1. The average Bonchev–Trinajstić information content (AvgIpc) is 3.10. The average molecular weight is 404 g/mol. The van der Waals surface area contributed by atoms with E-state index in [4.69, 9.17) is 0 Å². The van der Waals surface area contributed by atoms with Gasteiger partial charge >= 0.3 is 0 Å². The maximum absolute atomic E-state index is 12.5. The standard InChI is InChI=1S/C19H24N4O4S/c1-12-18(13(2)23(22-12)17-8-9-28(26,27)11-17)10-19(25)21-16-6-4-15(5-7-16)20-14(3)24/h4-7,17H,8-11H2,1-3H3,(H,20,24)(H,21,25). The molecule has 0 spiro atoms. The van der Waals surface area contributed by atoms with Crippen molar-refractivity contribution in [3.05, 3.63) is 41.2 Å². The van der Waals surface area contributed by atoms with Gasteiger partial charge in [-0.3, -0.25) is 14.3 Å². The van der Waals surface area contributed by atoms with Gasteiger partial charge in [0, 0.05) is 29.6 Å². The Morgan fingerprint density at radius 1 is 1.14 bits per heavy atom. The van der Waals surface area contributed by atoms with E-state index in [0.717, 1.165) is 17.0 Å². The van der Waals surface area contributed by atoms with E-state index in [1.165, 1.54) is 6.92 Å². The number of nitrogens with zero attached hydrogens (tertiary/aromatic N) is 2. The van der Waals surface area contributed by atoms with E-state index in [2.05, 4.69) is 15.7 Å². The van der Waals surface area contributed by atoms with Crippen LogP contribution in [-0.2, 0) is 25.8 Å². The van der Waals surface area contributed by atoms with Gasteiger partial charge in [0.15, 0.2) is 9.84 Å². The number of nitrogens with one attached hydrogen (secondary N) is 2. The van der Waals surface area contributed by atoms with Crippen molar-refractivity contribution in [2.45, 2.75) is 39.7 Å². The zero-order valence-electron chi connectivity index (χ0n) is 16.2. The van der Waals surface area contributed by atoms with E-state index < -0.39 is 9.84 Å². The number of sulfone groups is 1. The summed E-state index contributed by atoms with van der Waals surface area (Å²) in [6, 6.07) is 6.70. The highest BCUT2D eigenvalue weighted by molar-refractivity contribution is 7.91. The highest BCUT2D eigenvalue weighted by Gasteiger charge is 2.31. The van der Waals surface area contributed by atoms with Crippen molar-refractivity contribution in [3.63, 3.8) is 0 Å². The molecule has 2 aromatic rings. The van der Waals surface area contributed by atoms with Gasteiger partial charge in [-0.1, -0.05) is 0 Å². The third kappa shape index (κ3) is 4.59. The third-order valence-electron chi connectivity index (χ3n) is 4.86. The van der Waals surface area contributed by atoms with Crippen molar-refractivity contribution < 1.29 is 18.0 Å². The van der Waals surface area contributed by atoms with Crippen LogP contribution in [0.5, 0.6) is 0 Å². The smallest absolute Gasteiger partial charge is 0.228 e. The Labute approximate surface area is 164 Å². The fraction of sp³-hybridized carbons (Fsp3) is 0.421. The van der Waals surface area contributed by atoms with Gasteiger partial charge in [-0.25, -0.2) is 8.42 Å². The van der Waals surface area contributed by atoms with Crippen molar-refractivity contribution in [2.24, 2.45) is 0 Å². The number of aromatic nitrogens is 2. The van der Waals surface area contributed by atoms with Crippen LogP contribution in [0, 0.1) is 13.8 Å². The van der Waals surface area contributed by atoms with Crippen LogP contribution in [0.4, 0.5) is 11.4 Å². The van der Waals surface area contributed by atoms with E-state index in [1.54, 1.807) is 28.9 Å². The summed E-state index contributed by atoms with van der Waals surface area (Å²) in [7, 11) is -3.01. The summed E-state index contributed by atoms with van der Waals surface area (Å²) >= 11 is 0. The lowest BCUT2D eigenvalue weighted by Gasteiger charge is -2.11. The number of hydrogen-bond acceptors (Lipinski definition) is 5. The lowest BCUT2D eigenvalue weighted by atomic mass is 10.1. The van der Waals surface area contributed by atoms with Gasteiger partial charge in [0.05, 0.1) is 29.7 Å². The summed E-state index contributed by atoms with van der Waals surface area (Å²) < 4.78 is 25.3. The third-order valence-corrected chi connectivity index (χ3v) is 6.61. The Balaban J connectivity index is 1.68. The molecule has 1 atom stereocenters. The molecule has 8 nitrogen and oxygen atoms in total. The Hall–Kier alpha value is -2.68. The Morgan fingerprint density at radius 3 is 2.29 bits per heavy atom. The predicted molar refractivity (Wildman–Crippen MR) is 107 cm³/mol. The van der Waals surface area contributed by atoms with Crippen LogP contribution in [0.3, 0.4) is 0 Å². The van der Waals surface area contributed by atoms with Gasteiger partial charge in [-0.2, -0.15) is 5.10 Å². The predicted octanol–water partition coefficient (Wildman–Crippen LogP) is 2.00. The topological polar surface area (TPSA) is 110 Å². The maximum atomic E-state index is 12.5. The molecule has 1 fully saturated rings. The molecule has 2 heterocycles. The van der Waals surface area contributed by atoms with E-state index in [0.29, 0.717) is 17.8 Å². The molecule has 2 amide bonds. The lowest BCUT2D eigenvalue weighted by Crippen LogP contribution is -2.16. The second-order valence-corrected chi connectivity index (χ2v) is 9.36. The monoisotopic (exact) mass is 404 g/mol. The molecule has 1 saturated heterocycles. The quantitative estimate of drug-likeness (QED) is 0.792. The molecule has 2 N–H and O–H groups in total. The molecule has 28 heavy (non-hydrogen) atoms. The van der Waals surface area contributed by atoms with E-state index in [1.807, 2.05) is 13.8 Å². The van der Waals surface area contributed by atoms with Crippen LogP contribution >= 0.6 is 0 Å². The van der Waals surface area contributed by atoms with Gasteiger partial charge in [-0.15, -0.1) is 0 Å². The number of anilines is 2. The fourth-order valence-electron chi connectivity index (χ4n) is 3.48. The van der Waals surface area contributed by atoms with Crippen LogP contribution in [0.1, 0.15) is 36.3 Å². The Morgan fingerprint density at radius 2 is 1.75 bits per heavy atom. The molecule has 0 aliphatic carbocycles. The van der Waals surface area contributed by atoms with Gasteiger partial charge < -0.3 is 10.6 Å². The summed E-state index contributed by atoms with van der Waals surface area (Å²) in [5.74, 6) is -0.0615. The minimum absolute atomic E-state index is 0.0985. The molecule has 0 bridgehead atoms. The zero-order chi connectivity index (χ0) is 20.5. The van der Waals surface area contributed by atoms with Crippen molar-refractivity contribution in [3.8, 4) is 0 Å². The van der Waals surface area contributed by atoms with E-state index >= 15 is 0 Å². The number of amides is 2. The minimum atomic E-state index is -3.01. The molecule has 1 unspecified atom stereocenters. The first-order valence-corrected chi connectivity index (χ1v) is 10.9. The highest BCUT2D eigenvalue weighted by Crippen LogP contribution is 2.27. The molecule has 1 aliphatic rings. The summed E-state index contributed by atoms with van der Waals surface area (Å²) in [5.41, 5.74) is 3.67. The number of carbonyl (C=O) groups excluding carboxylic acids is 2. The molecule has 0 saturated carbocycles. The van der Waals surface area contributed by atoms with Gasteiger partial charge in [0.25, 0.3) is 0 Å². The normalized spacial score (nSPS) is 18.0. The Kier molecular flexibility index (Phi) is 5.55. The Bertz CT molecular complexity index is 1010. The number of aryl methyl sites for hydroxylation is 1. The minimum Gasteiger partial charge on any atom is -0.326 e. The summed E-state index contributed by atoms with van der Waals surface area (Å²) in [4.78, 5) is 23.5. The SMILES string of the molecule is CC(=O)Nc1ccc(NC(=O)Cc2c(C)nn(C3CCS(=O)(=O)C3)c2C)cc1. The molecule has 150 valence electrons. The second kappa shape index (κ2) is 7.75. The maximum Gasteiger partial charge on any atom is 0.228 e. The van der Waals surface area contributed by atoms with Crippen molar-refractivity contribution in [2.75, 3.05) is 22.1 Å². The van der Waals surface area contributed by atoms with Crippen LogP contribution in [-0.4, -0.2) is 41.5 Å². The molecule has 9 heteroatoms. The highest BCUT2D eigenvalue weighted by atomic mass is 32.2. The summed E-state index contributed by atoms with van der Waals surface area (Å²) in [5, 5.41) is 9.99. The molecule has 1 aromatic carbocycles. The molecule has 0 radical (unpaired) electrons. The summed E-state index contributed by atoms with van der Waals surface area (Å²) in [6.45, 7) is 5.13. The van der Waals surface area contributed by atoms with Gasteiger partial charge in [-0.05, 0) is 44.5 Å². The van der Waals surface area contributed by atoms with Crippen LogP contribution in [0.15, 0.2) is 24.3 Å². The van der Waals surface area contributed by atoms with Crippen molar-refractivity contribution in [1.82, 2.24) is 9.78 Å². The molecule has 1 aliphatic heterocycles. The number of hydrogen-bond donors (Lipinski definition) is 2. The zero-order valence-corrected chi connectivity index (χ0v) is 17.0. The first kappa shape index (κ1) is 20.1. The van der Waals surface area contributed by atoms with Crippen LogP contribution < -0.4 is 10.6 Å². The molecular weight excluding hydrogens is 380 g/mol. The first-order chi connectivity index (χ1) is 13.1. The van der Waals surface area contributed by atoms with Crippen molar-refractivity contribution >= 4 is 33.0 Å². The number of rotatable bonds is 5. The lowest BCUT2D eigenvalue weighted by molar-refractivity contribution is -0.116. The van der Waals surface area contributed by atoms with Crippen LogP contribution in [0.2, 0.25) is 0 Å². The van der Waals surface area contributed by atoms with Crippen LogP contribution in [0.25, 0.3) is 0 Å². The van der Waals surface area contributed by atoms with Crippen molar-refractivity contribution in [1.29, 1.82) is 0 Å². The molecular formula is C19H24N4O4S. The fourth-order valence-corrected chi connectivity index (χ4v) is 5.17. The molecule has 1 aromatic heterocycles. The second-order valence-electron chi connectivity index (χ2n) is 7.13. The van der Waals surface area contributed by atoms with E-state index in [-0.39, 0.29) is 35.8 Å². The van der Waals surface area contributed by atoms with Gasteiger partial charge in [0.2, 0.25) is 11.8 Å². The van der Waals surface area contributed by atoms with Gasteiger partial charge in [0.1, 0.15) is 0 Å². The number of carbonyl (C=O) groups is 2. The van der Waals surface area contributed by atoms with E-state index in [9.17, 15) is 18.0 Å². The largest absolute Gasteiger partial charge is 0.326 e. The molecule has 3 rings (SSSR count).